The van der Waals surface area contributed by atoms with Crippen LogP contribution in [-0.4, -0.2) is 38.3 Å². The minimum Gasteiger partial charge on any atom is -0.497 e. The van der Waals surface area contributed by atoms with Crippen molar-refractivity contribution in [3.05, 3.63) is 53.6 Å². The Kier molecular flexibility index (Phi) is 6.43. The van der Waals surface area contributed by atoms with E-state index in [1.54, 1.807) is 49.6 Å². The van der Waals surface area contributed by atoms with Crippen molar-refractivity contribution < 1.29 is 28.9 Å². The van der Waals surface area contributed by atoms with E-state index in [1.807, 2.05) is 0 Å². The van der Waals surface area contributed by atoms with Crippen molar-refractivity contribution in [2.75, 3.05) is 21.3 Å². The molecule has 0 saturated heterocycles. The minimum atomic E-state index is -1.02. The molecule has 0 aliphatic rings. The molecule has 0 aromatic heterocycles. The topological polar surface area (TPSA) is 94.1 Å². The Labute approximate surface area is 151 Å². The van der Waals surface area contributed by atoms with Crippen molar-refractivity contribution in [1.29, 1.82) is 0 Å². The lowest BCUT2D eigenvalue weighted by Gasteiger charge is -2.18. The largest absolute Gasteiger partial charge is 0.497 e. The van der Waals surface area contributed by atoms with Gasteiger partial charge < -0.3 is 24.6 Å². The molecule has 7 nitrogen and oxygen atoms in total. The number of methoxy groups -OCH3 is 3. The van der Waals surface area contributed by atoms with Gasteiger partial charge in [-0.05, 0) is 35.9 Å². The van der Waals surface area contributed by atoms with Gasteiger partial charge in [0.2, 0.25) is 0 Å². The molecule has 26 heavy (non-hydrogen) atoms. The zero-order chi connectivity index (χ0) is 19.1. The zero-order valence-corrected chi connectivity index (χ0v) is 14.8. The predicted molar refractivity (Wildman–Crippen MR) is 95.0 cm³/mol. The van der Waals surface area contributed by atoms with Crippen molar-refractivity contribution >= 4 is 11.9 Å². The third-order valence-corrected chi connectivity index (χ3v) is 3.85. The van der Waals surface area contributed by atoms with Gasteiger partial charge in [-0.3, -0.25) is 9.59 Å². The van der Waals surface area contributed by atoms with Gasteiger partial charge >= 0.3 is 5.97 Å². The van der Waals surface area contributed by atoms with Crippen LogP contribution in [0.4, 0.5) is 0 Å². The average molecular weight is 359 g/mol. The van der Waals surface area contributed by atoms with Crippen LogP contribution < -0.4 is 19.5 Å². The van der Waals surface area contributed by atoms with E-state index in [9.17, 15) is 9.59 Å². The number of aliphatic carboxylic acids is 1. The summed E-state index contributed by atoms with van der Waals surface area (Å²) in [5, 5.41) is 11.9. The van der Waals surface area contributed by atoms with E-state index >= 15 is 0 Å². The Morgan fingerprint density at radius 1 is 0.962 bits per heavy atom. The maximum Gasteiger partial charge on any atom is 0.305 e. The number of carbonyl (C=O) groups excluding carboxylic acids is 1. The van der Waals surface area contributed by atoms with E-state index in [-0.39, 0.29) is 6.42 Å². The Morgan fingerprint density at radius 3 is 2.15 bits per heavy atom. The summed E-state index contributed by atoms with van der Waals surface area (Å²) >= 11 is 0. The molecular weight excluding hydrogens is 338 g/mol. The van der Waals surface area contributed by atoms with Gasteiger partial charge in [-0.2, -0.15) is 0 Å². The van der Waals surface area contributed by atoms with Crippen LogP contribution in [0.3, 0.4) is 0 Å². The van der Waals surface area contributed by atoms with Crippen molar-refractivity contribution in [3.8, 4) is 17.2 Å². The van der Waals surface area contributed by atoms with Crippen molar-refractivity contribution in [1.82, 2.24) is 5.32 Å². The second-order valence-electron chi connectivity index (χ2n) is 5.47. The van der Waals surface area contributed by atoms with Crippen molar-refractivity contribution in [3.63, 3.8) is 0 Å². The molecular formula is C19H21NO6. The molecule has 138 valence electrons. The summed E-state index contributed by atoms with van der Waals surface area (Å²) in [5.74, 6) is 0.140. The molecule has 2 aromatic carbocycles. The maximum absolute atomic E-state index is 12.6. The summed E-state index contributed by atoms with van der Waals surface area (Å²) in [6.45, 7) is 0. The van der Waals surface area contributed by atoms with Crippen LogP contribution in [0.15, 0.2) is 42.5 Å². The molecule has 7 heteroatoms. The van der Waals surface area contributed by atoms with Crippen LogP contribution in [0.2, 0.25) is 0 Å². The molecule has 0 aliphatic carbocycles. The second-order valence-corrected chi connectivity index (χ2v) is 5.47. The van der Waals surface area contributed by atoms with Gasteiger partial charge in [-0.1, -0.05) is 12.1 Å². The fourth-order valence-electron chi connectivity index (χ4n) is 2.48. The first-order valence-corrected chi connectivity index (χ1v) is 7.87. The molecule has 0 bridgehead atoms. The first-order valence-electron chi connectivity index (χ1n) is 7.87. The van der Waals surface area contributed by atoms with Gasteiger partial charge in [0.25, 0.3) is 5.91 Å². The number of hydrogen-bond acceptors (Lipinski definition) is 5. The summed E-state index contributed by atoms with van der Waals surface area (Å²) in [4.78, 5) is 23.8. The van der Waals surface area contributed by atoms with E-state index in [2.05, 4.69) is 5.32 Å². The quantitative estimate of drug-likeness (QED) is 0.753. The lowest BCUT2D eigenvalue weighted by atomic mass is 10.0. The fourth-order valence-corrected chi connectivity index (χ4v) is 2.48. The number of hydrogen-bond donors (Lipinski definition) is 2. The summed E-state index contributed by atoms with van der Waals surface area (Å²) in [7, 11) is 4.52. The minimum absolute atomic E-state index is 0.245. The van der Waals surface area contributed by atoms with Gasteiger partial charge in [0.1, 0.15) is 5.75 Å². The molecule has 0 unspecified atom stereocenters. The van der Waals surface area contributed by atoms with Crippen LogP contribution >= 0.6 is 0 Å². The highest BCUT2D eigenvalue weighted by atomic mass is 16.5. The van der Waals surface area contributed by atoms with Crippen LogP contribution in [0, 0.1) is 0 Å². The highest BCUT2D eigenvalue weighted by Gasteiger charge is 2.20. The fraction of sp³-hybridized carbons (Fsp3) is 0.263. The number of carbonyl (C=O) groups is 2. The number of rotatable bonds is 8. The van der Waals surface area contributed by atoms with E-state index < -0.39 is 17.9 Å². The lowest BCUT2D eigenvalue weighted by molar-refractivity contribution is -0.137. The highest BCUT2D eigenvalue weighted by Crippen LogP contribution is 2.28. The Hall–Kier alpha value is -3.22. The normalized spacial score (nSPS) is 11.3. The number of carboxylic acid groups (broad SMARTS) is 1. The highest BCUT2D eigenvalue weighted by molar-refractivity contribution is 5.95. The maximum atomic E-state index is 12.6. The second kappa shape index (κ2) is 8.75. The molecule has 2 aromatic rings. The van der Waals surface area contributed by atoms with E-state index in [4.69, 9.17) is 19.3 Å². The van der Waals surface area contributed by atoms with Gasteiger partial charge in [0.05, 0.1) is 33.8 Å². The van der Waals surface area contributed by atoms with E-state index in [0.29, 0.717) is 28.4 Å². The first-order chi connectivity index (χ1) is 12.5. The van der Waals surface area contributed by atoms with Crippen molar-refractivity contribution in [2.24, 2.45) is 0 Å². The van der Waals surface area contributed by atoms with E-state index in [0.717, 1.165) is 0 Å². The molecule has 1 atom stereocenters. The Balaban J connectivity index is 2.24. The molecule has 0 saturated carbocycles. The number of carboxylic acids is 1. The summed E-state index contributed by atoms with van der Waals surface area (Å²) < 4.78 is 15.4. The molecule has 0 heterocycles. The zero-order valence-electron chi connectivity index (χ0n) is 14.8. The standard InChI is InChI=1S/C19H21NO6/c1-24-14-7-4-12(5-8-14)15(11-18(21)22)20-19(23)13-6-9-16(25-2)17(10-13)26-3/h4-10,15H,11H2,1-3H3,(H,20,23)(H,21,22)/t15-/m1/s1. The monoisotopic (exact) mass is 359 g/mol. The third-order valence-electron chi connectivity index (χ3n) is 3.85. The van der Waals surface area contributed by atoms with Crippen LogP contribution in [0.5, 0.6) is 17.2 Å². The third kappa shape index (κ3) is 4.66. The van der Waals surface area contributed by atoms with Gasteiger partial charge in [-0.25, -0.2) is 0 Å². The summed E-state index contributed by atoms with van der Waals surface area (Å²) in [6, 6.07) is 10.9. The summed E-state index contributed by atoms with van der Waals surface area (Å²) in [6.07, 6.45) is -0.245. The van der Waals surface area contributed by atoms with Gasteiger partial charge in [0, 0.05) is 5.56 Å². The molecule has 0 aliphatic heterocycles. The van der Waals surface area contributed by atoms with Crippen molar-refractivity contribution in [2.45, 2.75) is 12.5 Å². The molecule has 0 spiro atoms. The predicted octanol–water partition coefficient (Wildman–Crippen LogP) is 2.66. The molecule has 0 radical (unpaired) electrons. The lowest BCUT2D eigenvalue weighted by Crippen LogP contribution is -2.30. The number of ether oxygens (including phenoxy) is 3. The first kappa shape index (κ1) is 19.1. The smallest absolute Gasteiger partial charge is 0.305 e. The number of benzene rings is 2. The SMILES string of the molecule is COc1ccc([C@@H](CC(=O)O)NC(=O)c2ccc(OC)c(OC)c2)cc1. The molecule has 2 N–H and O–H groups in total. The average Bonchev–Trinajstić information content (AvgIpc) is 2.66. The Morgan fingerprint density at radius 2 is 1.62 bits per heavy atom. The van der Waals surface area contributed by atoms with Crippen LogP contribution in [0.25, 0.3) is 0 Å². The number of nitrogens with one attached hydrogen (secondary N) is 1. The van der Waals surface area contributed by atoms with Crippen LogP contribution in [0.1, 0.15) is 28.4 Å². The van der Waals surface area contributed by atoms with Gasteiger partial charge in [0.15, 0.2) is 11.5 Å². The Bertz CT molecular complexity index is 772. The van der Waals surface area contributed by atoms with Gasteiger partial charge in [-0.15, -0.1) is 0 Å². The summed E-state index contributed by atoms with van der Waals surface area (Å²) in [5.41, 5.74) is 1.01. The molecule has 2 rings (SSSR count). The molecule has 1 amide bonds. The van der Waals surface area contributed by atoms with E-state index in [1.165, 1.54) is 14.2 Å². The van der Waals surface area contributed by atoms with Crippen LogP contribution in [-0.2, 0) is 4.79 Å². The molecule has 0 fully saturated rings. The number of amides is 1.